The van der Waals surface area contributed by atoms with Crippen molar-refractivity contribution in [3.8, 4) is 0 Å². The first-order chi connectivity index (χ1) is 11.0. The Morgan fingerprint density at radius 2 is 2.04 bits per heavy atom. The van der Waals surface area contributed by atoms with Gasteiger partial charge in [-0.2, -0.15) is 0 Å². The molecule has 0 saturated carbocycles. The van der Waals surface area contributed by atoms with Crippen LogP contribution in [0.25, 0.3) is 0 Å². The van der Waals surface area contributed by atoms with Crippen LogP contribution in [0.15, 0.2) is 48.8 Å². The molecule has 0 bridgehead atoms. The smallest absolute Gasteiger partial charge is 0.319 e. The molecule has 0 unspecified atom stereocenters. The zero-order valence-electron chi connectivity index (χ0n) is 13.4. The van der Waals surface area contributed by atoms with Gasteiger partial charge in [-0.15, -0.1) is 0 Å². The number of carbonyl (C=O) groups excluding carboxylic acids is 1. The van der Waals surface area contributed by atoms with Gasteiger partial charge in [0.15, 0.2) is 0 Å². The fraction of sp³-hybridized carbons (Fsp3) is 0.294. The summed E-state index contributed by atoms with van der Waals surface area (Å²) in [4.78, 5) is 20.3. The number of anilines is 1. The first-order valence-electron chi connectivity index (χ1n) is 7.40. The maximum absolute atomic E-state index is 13.2. The molecule has 0 atom stereocenters. The van der Waals surface area contributed by atoms with E-state index in [0.29, 0.717) is 18.8 Å². The quantitative estimate of drug-likeness (QED) is 0.891. The van der Waals surface area contributed by atoms with Crippen LogP contribution in [-0.2, 0) is 6.54 Å². The Labute approximate surface area is 135 Å². The van der Waals surface area contributed by atoms with E-state index in [1.165, 1.54) is 12.1 Å². The molecule has 6 heteroatoms. The summed E-state index contributed by atoms with van der Waals surface area (Å²) in [5.41, 5.74) is 1.39. The van der Waals surface area contributed by atoms with Crippen LogP contribution in [0.2, 0.25) is 0 Å². The number of aromatic nitrogens is 1. The molecule has 0 radical (unpaired) electrons. The van der Waals surface area contributed by atoms with Crippen LogP contribution in [-0.4, -0.2) is 48.0 Å². The van der Waals surface area contributed by atoms with Gasteiger partial charge in [0.1, 0.15) is 5.82 Å². The summed E-state index contributed by atoms with van der Waals surface area (Å²) in [5, 5.41) is 2.73. The standard InChI is InChI=1S/C17H21FN4O/c1-21(2)9-10-22(13-14-5-4-8-19-12-14)17(23)20-16-7-3-6-15(18)11-16/h3-8,11-12H,9-10,13H2,1-2H3,(H,20,23). The second-order valence-corrected chi connectivity index (χ2v) is 5.53. The van der Waals surface area contributed by atoms with Crippen molar-refractivity contribution in [1.29, 1.82) is 0 Å². The van der Waals surface area contributed by atoms with Crippen LogP contribution < -0.4 is 5.32 Å². The number of carbonyl (C=O) groups is 1. The average Bonchev–Trinajstić information content (AvgIpc) is 2.52. The van der Waals surface area contributed by atoms with Crippen LogP contribution in [0.1, 0.15) is 5.56 Å². The minimum Gasteiger partial charge on any atom is -0.319 e. The van der Waals surface area contributed by atoms with Crippen molar-refractivity contribution in [1.82, 2.24) is 14.8 Å². The summed E-state index contributed by atoms with van der Waals surface area (Å²) in [6.07, 6.45) is 3.43. The van der Waals surface area contributed by atoms with E-state index in [1.54, 1.807) is 29.4 Å². The summed E-state index contributed by atoms with van der Waals surface area (Å²) in [7, 11) is 3.90. The van der Waals surface area contributed by atoms with Crippen molar-refractivity contribution in [3.63, 3.8) is 0 Å². The summed E-state index contributed by atoms with van der Waals surface area (Å²) >= 11 is 0. The van der Waals surface area contributed by atoms with Gasteiger partial charge < -0.3 is 15.1 Å². The number of urea groups is 1. The maximum atomic E-state index is 13.2. The molecule has 0 spiro atoms. The Morgan fingerprint density at radius 1 is 1.22 bits per heavy atom. The van der Waals surface area contributed by atoms with E-state index >= 15 is 0 Å². The van der Waals surface area contributed by atoms with Crippen molar-refractivity contribution in [2.75, 3.05) is 32.5 Å². The van der Waals surface area contributed by atoms with Gasteiger partial charge >= 0.3 is 6.03 Å². The lowest BCUT2D eigenvalue weighted by molar-refractivity contribution is 0.202. The Balaban J connectivity index is 2.07. The highest BCUT2D eigenvalue weighted by Gasteiger charge is 2.14. The van der Waals surface area contributed by atoms with E-state index < -0.39 is 0 Å². The molecule has 5 nitrogen and oxygen atoms in total. The van der Waals surface area contributed by atoms with Crippen LogP contribution in [0, 0.1) is 5.82 Å². The highest BCUT2D eigenvalue weighted by molar-refractivity contribution is 5.89. The first kappa shape index (κ1) is 16.9. The number of hydrogen-bond acceptors (Lipinski definition) is 3. The zero-order chi connectivity index (χ0) is 16.7. The summed E-state index contributed by atoms with van der Waals surface area (Å²) < 4.78 is 13.2. The van der Waals surface area contributed by atoms with Crippen molar-refractivity contribution in [3.05, 3.63) is 60.2 Å². The predicted molar refractivity (Wildman–Crippen MR) is 88.6 cm³/mol. The number of pyridine rings is 1. The summed E-state index contributed by atoms with van der Waals surface area (Å²) in [6, 6.07) is 9.36. The molecule has 0 saturated heterocycles. The number of nitrogens with one attached hydrogen (secondary N) is 1. The van der Waals surface area contributed by atoms with Gasteiger partial charge in [0.2, 0.25) is 0 Å². The number of hydrogen-bond donors (Lipinski definition) is 1. The van der Waals surface area contributed by atoms with Crippen LogP contribution in [0.3, 0.4) is 0 Å². The molecule has 122 valence electrons. The molecule has 0 fully saturated rings. The Kier molecular flexibility index (Phi) is 6.05. The van der Waals surface area contributed by atoms with Crippen molar-refractivity contribution < 1.29 is 9.18 Å². The molecule has 1 aromatic carbocycles. The van der Waals surface area contributed by atoms with Gasteiger partial charge in [0, 0.05) is 37.7 Å². The lowest BCUT2D eigenvalue weighted by atomic mass is 10.2. The van der Waals surface area contributed by atoms with Gasteiger partial charge in [-0.3, -0.25) is 4.98 Å². The highest BCUT2D eigenvalue weighted by Crippen LogP contribution is 2.11. The first-order valence-corrected chi connectivity index (χ1v) is 7.40. The van der Waals surface area contributed by atoms with Gasteiger partial charge in [0.25, 0.3) is 0 Å². The molecule has 23 heavy (non-hydrogen) atoms. The maximum Gasteiger partial charge on any atom is 0.322 e. The SMILES string of the molecule is CN(C)CCN(Cc1cccnc1)C(=O)Nc1cccc(F)c1. The average molecular weight is 316 g/mol. The molecule has 2 aromatic rings. The van der Waals surface area contributed by atoms with Crippen molar-refractivity contribution >= 4 is 11.7 Å². The molecule has 2 amide bonds. The second-order valence-electron chi connectivity index (χ2n) is 5.53. The minimum atomic E-state index is -0.380. The third kappa shape index (κ3) is 5.67. The molecule has 1 heterocycles. The summed E-state index contributed by atoms with van der Waals surface area (Å²) in [6.45, 7) is 1.74. The number of halogens is 1. The molecule has 1 N–H and O–H groups in total. The monoisotopic (exact) mass is 316 g/mol. The van der Waals surface area contributed by atoms with E-state index in [-0.39, 0.29) is 11.8 Å². The second kappa shape index (κ2) is 8.24. The molecule has 2 rings (SSSR count). The van der Waals surface area contributed by atoms with Crippen LogP contribution in [0.5, 0.6) is 0 Å². The molecular formula is C17H21FN4O. The molecule has 0 aliphatic rings. The lowest BCUT2D eigenvalue weighted by Gasteiger charge is -2.24. The topological polar surface area (TPSA) is 48.5 Å². The Morgan fingerprint density at radius 3 is 2.70 bits per heavy atom. The van der Waals surface area contributed by atoms with Gasteiger partial charge in [-0.1, -0.05) is 12.1 Å². The van der Waals surface area contributed by atoms with Gasteiger partial charge in [-0.05, 0) is 43.9 Å². The number of rotatable bonds is 6. The largest absolute Gasteiger partial charge is 0.322 e. The van der Waals surface area contributed by atoms with Gasteiger partial charge in [-0.25, -0.2) is 9.18 Å². The molecule has 0 aliphatic carbocycles. The van der Waals surface area contributed by atoms with E-state index in [9.17, 15) is 9.18 Å². The normalized spacial score (nSPS) is 10.6. The third-order valence-corrected chi connectivity index (χ3v) is 3.28. The van der Waals surface area contributed by atoms with Gasteiger partial charge in [0.05, 0.1) is 0 Å². The third-order valence-electron chi connectivity index (χ3n) is 3.28. The minimum absolute atomic E-state index is 0.263. The van der Waals surface area contributed by atoms with Crippen molar-refractivity contribution in [2.45, 2.75) is 6.54 Å². The van der Waals surface area contributed by atoms with Crippen LogP contribution >= 0.6 is 0 Å². The predicted octanol–water partition coefficient (Wildman–Crippen LogP) is 2.82. The Hall–Kier alpha value is -2.47. The molecule has 0 aliphatic heterocycles. The molecular weight excluding hydrogens is 295 g/mol. The van der Waals surface area contributed by atoms with E-state index in [0.717, 1.165) is 12.1 Å². The van der Waals surface area contributed by atoms with E-state index in [1.807, 2.05) is 31.1 Å². The number of amides is 2. The fourth-order valence-electron chi connectivity index (χ4n) is 2.05. The van der Waals surface area contributed by atoms with Crippen LogP contribution in [0.4, 0.5) is 14.9 Å². The Bertz CT molecular complexity index is 634. The van der Waals surface area contributed by atoms with E-state index in [4.69, 9.17) is 0 Å². The zero-order valence-corrected chi connectivity index (χ0v) is 13.4. The van der Waals surface area contributed by atoms with E-state index in [2.05, 4.69) is 10.3 Å². The molecule has 1 aromatic heterocycles. The number of nitrogens with zero attached hydrogens (tertiary/aromatic N) is 3. The highest BCUT2D eigenvalue weighted by atomic mass is 19.1. The fourth-order valence-corrected chi connectivity index (χ4v) is 2.05. The summed E-state index contributed by atoms with van der Waals surface area (Å²) in [5.74, 6) is -0.380. The van der Waals surface area contributed by atoms with Crippen molar-refractivity contribution in [2.24, 2.45) is 0 Å². The number of likely N-dealkylation sites (N-methyl/N-ethyl adjacent to an activating group) is 1. The lowest BCUT2D eigenvalue weighted by Crippen LogP contribution is -2.39. The number of benzene rings is 1.